The summed E-state index contributed by atoms with van der Waals surface area (Å²) < 4.78 is 7.29. The molecule has 2 aromatic rings. The van der Waals surface area contributed by atoms with Crippen LogP contribution in [0.3, 0.4) is 0 Å². The normalized spacial score (nSPS) is 11.5. The second kappa shape index (κ2) is 8.43. The second-order valence-electron chi connectivity index (χ2n) is 6.83. The zero-order chi connectivity index (χ0) is 18.6. The molecule has 2 heterocycles. The van der Waals surface area contributed by atoms with Crippen molar-refractivity contribution >= 4 is 16.9 Å². The largest absolute Gasteiger partial charge is 0.379 e. The monoisotopic (exact) mass is 346 g/mol. The molecule has 0 aliphatic carbocycles. The molecule has 0 saturated heterocycles. The summed E-state index contributed by atoms with van der Waals surface area (Å²) in [4.78, 5) is 16.8. The van der Waals surface area contributed by atoms with Gasteiger partial charge in [-0.3, -0.25) is 9.48 Å². The molecule has 0 fully saturated rings. The van der Waals surface area contributed by atoms with Crippen molar-refractivity contribution in [1.29, 1.82) is 0 Å². The lowest BCUT2D eigenvalue weighted by Gasteiger charge is -2.12. The van der Waals surface area contributed by atoms with Crippen molar-refractivity contribution in [3.8, 4) is 0 Å². The molecule has 25 heavy (non-hydrogen) atoms. The maximum atomic E-state index is 12.1. The summed E-state index contributed by atoms with van der Waals surface area (Å²) in [5, 5.41) is 8.53. The van der Waals surface area contributed by atoms with Gasteiger partial charge in [0, 0.05) is 37.7 Å². The van der Waals surface area contributed by atoms with Crippen molar-refractivity contribution in [3.05, 3.63) is 22.5 Å². The first kappa shape index (κ1) is 19.4. The van der Waals surface area contributed by atoms with E-state index in [4.69, 9.17) is 4.74 Å². The number of hydrogen-bond donors (Lipinski definition) is 1. The molecule has 0 aliphatic rings. The van der Waals surface area contributed by atoms with E-state index in [0.717, 1.165) is 34.4 Å². The third kappa shape index (κ3) is 4.78. The molecule has 0 aliphatic heterocycles. The van der Waals surface area contributed by atoms with Crippen molar-refractivity contribution in [1.82, 2.24) is 20.1 Å². The van der Waals surface area contributed by atoms with E-state index in [9.17, 15) is 4.79 Å². The Hall–Kier alpha value is -1.95. The van der Waals surface area contributed by atoms with Crippen LogP contribution >= 0.6 is 0 Å². The Morgan fingerprint density at radius 1 is 1.24 bits per heavy atom. The fourth-order valence-electron chi connectivity index (χ4n) is 3.18. The van der Waals surface area contributed by atoms with E-state index in [0.29, 0.717) is 26.0 Å². The predicted octanol–water partition coefficient (Wildman–Crippen LogP) is 2.76. The summed E-state index contributed by atoms with van der Waals surface area (Å²) in [7, 11) is 1.91. The lowest BCUT2D eigenvalue weighted by atomic mass is 9.99. The minimum absolute atomic E-state index is 0.0753. The highest BCUT2D eigenvalue weighted by Crippen LogP contribution is 2.25. The minimum atomic E-state index is 0.0753. The van der Waals surface area contributed by atoms with Crippen molar-refractivity contribution in [2.75, 3.05) is 13.2 Å². The average Bonchev–Trinajstić information content (AvgIpc) is 2.80. The van der Waals surface area contributed by atoms with Gasteiger partial charge in [0.15, 0.2) is 5.65 Å². The lowest BCUT2D eigenvalue weighted by Crippen LogP contribution is -2.26. The molecule has 1 amide bonds. The number of pyridine rings is 1. The van der Waals surface area contributed by atoms with Crippen LogP contribution in [0.4, 0.5) is 0 Å². The van der Waals surface area contributed by atoms with Crippen LogP contribution in [-0.2, 0) is 23.0 Å². The number of carbonyl (C=O) groups excluding carboxylic acids is 1. The van der Waals surface area contributed by atoms with Gasteiger partial charge < -0.3 is 10.1 Å². The van der Waals surface area contributed by atoms with Crippen LogP contribution < -0.4 is 5.32 Å². The third-order valence-corrected chi connectivity index (χ3v) is 4.43. The molecule has 0 saturated carbocycles. The zero-order valence-corrected chi connectivity index (χ0v) is 16.3. The molecule has 6 heteroatoms. The van der Waals surface area contributed by atoms with E-state index in [1.54, 1.807) is 0 Å². The number of nitrogens with zero attached hydrogens (tertiary/aromatic N) is 3. The molecule has 0 spiro atoms. The average molecular weight is 346 g/mol. The van der Waals surface area contributed by atoms with E-state index < -0.39 is 0 Å². The van der Waals surface area contributed by atoms with Crippen LogP contribution in [0.1, 0.15) is 49.2 Å². The van der Waals surface area contributed by atoms with Gasteiger partial charge >= 0.3 is 0 Å². The second-order valence-corrected chi connectivity index (χ2v) is 6.83. The van der Waals surface area contributed by atoms with E-state index in [1.165, 1.54) is 5.56 Å². The molecule has 2 aromatic heterocycles. The Labute approximate surface area is 150 Å². The van der Waals surface area contributed by atoms with Gasteiger partial charge in [0.1, 0.15) is 0 Å². The summed E-state index contributed by atoms with van der Waals surface area (Å²) in [6, 6.07) is 0. The molecule has 0 atom stereocenters. The van der Waals surface area contributed by atoms with Crippen molar-refractivity contribution in [2.45, 2.75) is 60.0 Å². The van der Waals surface area contributed by atoms with Crippen molar-refractivity contribution in [2.24, 2.45) is 7.05 Å². The van der Waals surface area contributed by atoms with E-state index in [2.05, 4.69) is 22.3 Å². The molecule has 0 aromatic carbocycles. The van der Waals surface area contributed by atoms with Gasteiger partial charge in [-0.25, -0.2) is 4.98 Å². The molecule has 6 nitrogen and oxygen atoms in total. The number of nitrogens with one attached hydrogen (secondary N) is 1. The van der Waals surface area contributed by atoms with Crippen LogP contribution in [0.15, 0.2) is 0 Å². The van der Waals surface area contributed by atoms with Crippen LogP contribution in [0, 0.1) is 20.8 Å². The van der Waals surface area contributed by atoms with Crippen LogP contribution in [0.2, 0.25) is 0 Å². The number of rotatable bonds is 8. The molecule has 138 valence electrons. The Balaban J connectivity index is 1.94. The molecule has 2 rings (SSSR count). The van der Waals surface area contributed by atoms with Gasteiger partial charge in [0.05, 0.1) is 11.8 Å². The summed E-state index contributed by atoms with van der Waals surface area (Å²) in [6.07, 6.45) is 2.24. The van der Waals surface area contributed by atoms with Gasteiger partial charge in [0.25, 0.3) is 0 Å². The van der Waals surface area contributed by atoms with Gasteiger partial charge in [-0.05, 0) is 58.6 Å². The topological polar surface area (TPSA) is 69.0 Å². The maximum absolute atomic E-state index is 12.1. The van der Waals surface area contributed by atoms with E-state index in [-0.39, 0.29) is 12.0 Å². The standard InChI is InChI=1S/C19H30N4O2/c1-12(2)25-11-7-10-20-17(24)9-8-16-13(3)18-15(5)22-23(6)19(18)21-14(16)4/h12H,7-11H2,1-6H3,(H,20,24). The summed E-state index contributed by atoms with van der Waals surface area (Å²) >= 11 is 0. The third-order valence-electron chi connectivity index (χ3n) is 4.43. The highest BCUT2D eigenvalue weighted by atomic mass is 16.5. The number of amides is 1. The van der Waals surface area contributed by atoms with Crippen LogP contribution in [0.25, 0.3) is 11.0 Å². The van der Waals surface area contributed by atoms with Crippen molar-refractivity contribution in [3.63, 3.8) is 0 Å². The van der Waals surface area contributed by atoms with Crippen LogP contribution in [-0.4, -0.2) is 39.9 Å². The SMILES string of the molecule is Cc1nc2c(c(C)nn2C)c(C)c1CCC(=O)NCCCOC(C)C. The Morgan fingerprint density at radius 3 is 2.64 bits per heavy atom. The summed E-state index contributed by atoms with van der Waals surface area (Å²) in [5.74, 6) is 0.0753. The molecule has 0 unspecified atom stereocenters. The summed E-state index contributed by atoms with van der Waals surface area (Å²) in [6.45, 7) is 11.5. The molecule has 0 radical (unpaired) electrons. The van der Waals surface area contributed by atoms with Crippen LogP contribution in [0.5, 0.6) is 0 Å². The highest BCUT2D eigenvalue weighted by Gasteiger charge is 2.16. The van der Waals surface area contributed by atoms with Gasteiger partial charge in [-0.15, -0.1) is 0 Å². The summed E-state index contributed by atoms with van der Waals surface area (Å²) in [5.41, 5.74) is 5.21. The molecular formula is C19H30N4O2. The number of fused-ring (bicyclic) bond motifs is 1. The number of aromatic nitrogens is 3. The first-order valence-electron chi connectivity index (χ1n) is 8.99. The fourth-order valence-corrected chi connectivity index (χ4v) is 3.18. The molecular weight excluding hydrogens is 316 g/mol. The quantitative estimate of drug-likeness (QED) is 0.746. The highest BCUT2D eigenvalue weighted by molar-refractivity contribution is 5.84. The van der Waals surface area contributed by atoms with E-state index >= 15 is 0 Å². The number of hydrogen-bond acceptors (Lipinski definition) is 4. The number of aryl methyl sites for hydroxylation is 4. The Morgan fingerprint density at radius 2 is 1.96 bits per heavy atom. The molecule has 1 N–H and O–H groups in total. The number of carbonyl (C=O) groups is 1. The van der Waals surface area contributed by atoms with E-state index in [1.807, 2.05) is 39.4 Å². The maximum Gasteiger partial charge on any atom is 0.220 e. The smallest absolute Gasteiger partial charge is 0.220 e. The minimum Gasteiger partial charge on any atom is -0.379 e. The lowest BCUT2D eigenvalue weighted by molar-refractivity contribution is -0.121. The fraction of sp³-hybridized carbons (Fsp3) is 0.632. The zero-order valence-electron chi connectivity index (χ0n) is 16.3. The van der Waals surface area contributed by atoms with Gasteiger partial charge in [0.2, 0.25) is 5.91 Å². The van der Waals surface area contributed by atoms with Gasteiger partial charge in [-0.2, -0.15) is 5.10 Å². The first-order valence-corrected chi connectivity index (χ1v) is 8.99. The Kier molecular flexibility index (Phi) is 6.53. The molecule has 0 bridgehead atoms. The Bertz CT molecular complexity index is 750. The van der Waals surface area contributed by atoms with Gasteiger partial charge in [-0.1, -0.05) is 0 Å². The number of ether oxygens (including phenoxy) is 1. The predicted molar refractivity (Wildman–Crippen MR) is 99.8 cm³/mol. The first-order chi connectivity index (χ1) is 11.8. The van der Waals surface area contributed by atoms with Crippen molar-refractivity contribution < 1.29 is 9.53 Å².